The molecule has 0 amide bonds. The van der Waals surface area contributed by atoms with Gasteiger partial charge >= 0.3 is 0 Å². The van der Waals surface area contributed by atoms with E-state index in [2.05, 4.69) is 42.3 Å². The summed E-state index contributed by atoms with van der Waals surface area (Å²) in [6.07, 6.45) is 2.51. The van der Waals surface area contributed by atoms with Crippen LogP contribution >= 0.6 is 0 Å². The third-order valence-electron chi connectivity index (χ3n) is 3.15. The molecule has 15 heavy (non-hydrogen) atoms. The lowest BCUT2D eigenvalue weighted by Gasteiger charge is -2.35. The van der Waals surface area contributed by atoms with Crippen LogP contribution in [0.5, 0.6) is 0 Å². The van der Waals surface area contributed by atoms with Gasteiger partial charge in [-0.1, -0.05) is 6.07 Å². The molecule has 1 N–H and O–H groups in total. The largest absolute Gasteiger partial charge is 0.388 e. The summed E-state index contributed by atoms with van der Waals surface area (Å²) in [7, 11) is 1.98. The van der Waals surface area contributed by atoms with E-state index in [1.165, 1.54) is 36.3 Å². The number of nitrogens with one attached hydrogen (secondary N) is 1. The molecule has 82 valence electrons. The van der Waals surface area contributed by atoms with Gasteiger partial charge in [0, 0.05) is 31.0 Å². The van der Waals surface area contributed by atoms with Crippen molar-refractivity contribution in [1.82, 2.24) is 0 Å². The lowest BCUT2D eigenvalue weighted by molar-refractivity contribution is 0.626. The number of rotatable bonds is 2. The Hall–Kier alpha value is -1.18. The van der Waals surface area contributed by atoms with Crippen LogP contribution in [0.4, 0.5) is 11.4 Å². The first-order valence-electron chi connectivity index (χ1n) is 5.79. The summed E-state index contributed by atoms with van der Waals surface area (Å²) in [6.45, 7) is 5.72. The molecule has 0 radical (unpaired) electrons. The topological polar surface area (TPSA) is 15.3 Å². The smallest absolute Gasteiger partial charge is 0.0421 e. The molecule has 0 unspecified atom stereocenters. The first-order valence-corrected chi connectivity index (χ1v) is 5.79. The van der Waals surface area contributed by atoms with Crippen LogP contribution in [0, 0.1) is 0 Å². The molecule has 0 saturated carbocycles. The Balaban J connectivity index is 2.39. The Morgan fingerprint density at radius 3 is 2.80 bits per heavy atom. The van der Waals surface area contributed by atoms with Gasteiger partial charge in [-0.05, 0) is 44.4 Å². The van der Waals surface area contributed by atoms with E-state index in [-0.39, 0.29) is 0 Å². The van der Waals surface area contributed by atoms with Crippen LogP contribution in [0.2, 0.25) is 0 Å². The lowest BCUT2D eigenvalue weighted by Crippen LogP contribution is -2.35. The zero-order valence-corrected chi connectivity index (χ0v) is 9.88. The molecule has 1 aromatic rings. The summed E-state index contributed by atoms with van der Waals surface area (Å²) >= 11 is 0. The summed E-state index contributed by atoms with van der Waals surface area (Å²) in [4.78, 5) is 2.50. The third-order valence-corrected chi connectivity index (χ3v) is 3.15. The second kappa shape index (κ2) is 4.13. The summed E-state index contributed by atoms with van der Waals surface area (Å²) < 4.78 is 0. The van der Waals surface area contributed by atoms with Crippen LogP contribution < -0.4 is 10.2 Å². The van der Waals surface area contributed by atoms with Gasteiger partial charge in [0.05, 0.1) is 0 Å². The van der Waals surface area contributed by atoms with E-state index < -0.39 is 0 Å². The van der Waals surface area contributed by atoms with E-state index >= 15 is 0 Å². The van der Waals surface area contributed by atoms with Gasteiger partial charge in [-0.3, -0.25) is 0 Å². The second-order valence-electron chi connectivity index (χ2n) is 4.48. The van der Waals surface area contributed by atoms with Crippen LogP contribution in [0.25, 0.3) is 0 Å². The Morgan fingerprint density at radius 2 is 2.13 bits per heavy atom. The number of benzene rings is 1. The highest BCUT2D eigenvalue weighted by Gasteiger charge is 2.18. The Morgan fingerprint density at radius 1 is 1.33 bits per heavy atom. The molecular formula is C13H20N2. The SMILES string of the molecule is CNc1ccc2c(c1)N(C(C)C)CCC2. The number of aryl methyl sites for hydroxylation is 1. The van der Waals surface area contributed by atoms with Crippen molar-refractivity contribution in [3.63, 3.8) is 0 Å². The monoisotopic (exact) mass is 204 g/mol. The molecule has 0 atom stereocenters. The fourth-order valence-electron chi connectivity index (χ4n) is 2.29. The summed E-state index contributed by atoms with van der Waals surface area (Å²) in [5, 5.41) is 3.21. The van der Waals surface area contributed by atoms with Crippen LogP contribution in [0.3, 0.4) is 0 Å². The molecule has 1 aliphatic rings. The molecule has 0 saturated heterocycles. The number of nitrogens with zero attached hydrogens (tertiary/aromatic N) is 1. The minimum absolute atomic E-state index is 0.594. The standard InChI is InChI=1S/C13H20N2/c1-10(2)15-8-4-5-11-6-7-12(14-3)9-13(11)15/h6-7,9-10,14H,4-5,8H2,1-3H3. The number of anilines is 2. The highest BCUT2D eigenvalue weighted by molar-refractivity contribution is 5.64. The first kappa shape index (κ1) is 10.3. The number of hydrogen-bond acceptors (Lipinski definition) is 2. The zero-order chi connectivity index (χ0) is 10.8. The van der Waals surface area contributed by atoms with Crippen LogP contribution in [-0.4, -0.2) is 19.6 Å². The zero-order valence-electron chi connectivity index (χ0n) is 9.88. The molecule has 0 spiro atoms. The van der Waals surface area contributed by atoms with Gasteiger partial charge < -0.3 is 10.2 Å². The predicted octanol–water partition coefficient (Wildman–Crippen LogP) is 2.89. The minimum atomic E-state index is 0.594. The van der Waals surface area contributed by atoms with Crippen LogP contribution in [0.15, 0.2) is 18.2 Å². The maximum atomic E-state index is 3.21. The van der Waals surface area contributed by atoms with Gasteiger partial charge in [-0.15, -0.1) is 0 Å². The summed E-state index contributed by atoms with van der Waals surface area (Å²) in [6, 6.07) is 7.29. The molecule has 0 fully saturated rings. The van der Waals surface area contributed by atoms with E-state index in [9.17, 15) is 0 Å². The molecule has 0 bridgehead atoms. The maximum Gasteiger partial charge on any atom is 0.0421 e. The van der Waals surface area contributed by atoms with Crippen LogP contribution in [0.1, 0.15) is 25.8 Å². The maximum absolute atomic E-state index is 3.21. The molecule has 1 heterocycles. The Kier molecular flexibility index (Phi) is 2.85. The fourth-order valence-corrected chi connectivity index (χ4v) is 2.29. The van der Waals surface area contributed by atoms with E-state index in [1.807, 2.05) is 7.05 Å². The minimum Gasteiger partial charge on any atom is -0.388 e. The van der Waals surface area contributed by atoms with Gasteiger partial charge in [0.1, 0.15) is 0 Å². The predicted molar refractivity (Wildman–Crippen MR) is 66.8 cm³/mol. The van der Waals surface area contributed by atoms with Crippen molar-refractivity contribution in [2.24, 2.45) is 0 Å². The summed E-state index contributed by atoms with van der Waals surface area (Å²) in [5.74, 6) is 0. The van der Waals surface area contributed by atoms with Gasteiger partial charge in [0.25, 0.3) is 0 Å². The van der Waals surface area contributed by atoms with E-state index in [0.29, 0.717) is 6.04 Å². The fraction of sp³-hybridized carbons (Fsp3) is 0.538. The average Bonchev–Trinajstić information content (AvgIpc) is 2.27. The Labute approximate surface area is 92.3 Å². The first-order chi connectivity index (χ1) is 7.22. The van der Waals surface area contributed by atoms with Crippen molar-refractivity contribution in [1.29, 1.82) is 0 Å². The highest BCUT2D eigenvalue weighted by Crippen LogP contribution is 2.31. The van der Waals surface area contributed by atoms with Gasteiger partial charge in [-0.25, -0.2) is 0 Å². The Bertz CT molecular complexity index is 344. The molecule has 2 nitrogen and oxygen atoms in total. The molecule has 1 aromatic carbocycles. The van der Waals surface area contributed by atoms with Crippen molar-refractivity contribution in [3.8, 4) is 0 Å². The van der Waals surface area contributed by atoms with Crippen LogP contribution in [-0.2, 0) is 6.42 Å². The number of hydrogen-bond donors (Lipinski definition) is 1. The molecule has 2 rings (SSSR count). The van der Waals surface area contributed by atoms with E-state index in [0.717, 1.165) is 0 Å². The average molecular weight is 204 g/mol. The van der Waals surface area contributed by atoms with Gasteiger partial charge in [-0.2, -0.15) is 0 Å². The number of fused-ring (bicyclic) bond motifs is 1. The van der Waals surface area contributed by atoms with Gasteiger partial charge in [0.2, 0.25) is 0 Å². The third kappa shape index (κ3) is 1.94. The van der Waals surface area contributed by atoms with Crippen molar-refractivity contribution in [2.75, 3.05) is 23.8 Å². The van der Waals surface area contributed by atoms with Crippen molar-refractivity contribution >= 4 is 11.4 Å². The highest BCUT2D eigenvalue weighted by atomic mass is 15.2. The van der Waals surface area contributed by atoms with E-state index in [1.54, 1.807) is 0 Å². The lowest BCUT2D eigenvalue weighted by atomic mass is 10.00. The van der Waals surface area contributed by atoms with Gasteiger partial charge in [0.15, 0.2) is 0 Å². The van der Waals surface area contributed by atoms with E-state index in [4.69, 9.17) is 0 Å². The molecule has 0 aliphatic carbocycles. The molecule has 0 aromatic heterocycles. The second-order valence-corrected chi connectivity index (χ2v) is 4.48. The normalized spacial score (nSPS) is 15.3. The van der Waals surface area contributed by atoms with Crippen molar-refractivity contribution in [2.45, 2.75) is 32.7 Å². The van der Waals surface area contributed by atoms with Crippen molar-refractivity contribution in [3.05, 3.63) is 23.8 Å². The van der Waals surface area contributed by atoms with Crippen molar-refractivity contribution < 1.29 is 0 Å². The molecule has 2 heteroatoms. The summed E-state index contributed by atoms with van der Waals surface area (Å²) in [5.41, 5.74) is 4.12. The molecular weight excluding hydrogens is 184 g/mol. The quantitative estimate of drug-likeness (QED) is 0.797. The molecule has 1 aliphatic heterocycles.